The highest BCUT2D eigenvalue weighted by molar-refractivity contribution is 5.89. The monoisotopic (exact) mass is 408 g/mol. The van der Waals surface area contributed by atoms with Gasteiger partial charge in [0.2, 0.25) is 0 Å². The molecule has 3 aromatic heterocycles. The number of H-pyrrole nitrogens is 1. The van der Waals surface area contributed by atoms with Gasteiger partial charge in [-0.2, -0.15) is 5.10 Å². The summed E-state index contributed by atoms with van der Waals surface area (Å²) in [7, 11) is 0. The average Bonchev–Trinajstić information content (AvgIpc) is 3.11. The summed E-state index contributed by atoms with van der Waals surface area (Å²) in [5, 5.41) is 11.5. The molecule has 1 aliphatic rings. The summed E-state index contributed by atoms with van der Waals surface area (Å²) in [6.07, 6.45) is 3.22. The molecule has 0 aliphatic carbocycles. The molecule has 0 spiro atoms. The Balaban J connectivity index is 1.54. The van der Waals surface area contributed by atoms with Crippen LogP contribution in [0.4, 0.5) is 16.4 Å². The van der Waals surface area contributed by atoms with Crippen molar-refractivity contribution in [2.45, 2.75) is 52.1 Å². The molecule has 1 saturated heterocycles. The maximum absolute atomic E-state index is 12.4. The second-order valence-electron chi connectivity index (χ2n) is 8.77. The van der Waals surface area contributed by atoms with Crippen LogP contribution in [0.3, 0.4) is 0 Å². The number of ether oxygens (including phenoxy) is 1. The molecule has 3 aromatic rings. The van der Waals surface area contributed by atoms with Crippen molar-refractivity contribution in [1.29, 1.82) is 0 Å². The molecule has 30 heavy (non-hydrogen) atoms. The Kier molecular flexibility index (Phi) is 5.32. The van der Waals surface area contributed by atoms with Crippen LogP contribution in [-0.2, 0) is 4.74 Å². The third-order valence-corrected chi connectivity index (χ3v) is 5.12. The zero-order chi connectivity index (χ0) is 21.3. The van der Waals surface area contributed by atoms with Gasteiger partial charge in [-0.25, -0.2) is 9.78 Å². The highest BCUT2D eigenvalue weighted by Crippen LogP contribution is 2.32. The van der Waals surface area contributed by atoms with E-state index >= 15 is 0 Å². The average molecular weight is 409 g/mol. The van der Waals surface area contributed by atoms with Crippen LogP contribution in [0, 0.1) is 6.92 Å². The van der Waals surface area contributed by atoms with E-state index in [0.29, 0.717) is 24.7 Å². The number of aromatic nitrogens is 4. The summed E-state index contributed by atoms with van der Waals surface area (Å²) in [6, 6.07) is 8.02. The van der Waals surface area contributed by atoms with Crippen LogP contribution in [0.1, 0.15) is 50.9 Å². The van der Waals surface area contributed by atoms with E-state index in [4.69, 9.17) is 9.72 Å². The first-order valence-corrected chi connectivity index (χ1v) is 10.3. The molecule has 2 N–H and O–H groups in total. The maximum Gasteiger partial charge on any atom is 0.410 e. The number of pyridine rings is 2. The lowest BCUT2D eigenvalue weighted by atomic mass is 9.92. The van der Waals surface area contributed by atoms with E-state index in [1.54, 1.807) is 11.1 Å². The van der Waals surface area contributed by atoms with Crippen molar-refractivity contribution in [3.05, 3.63) is 41.9 Å². The van der Waals surface area contributed by atoms with Crippen molar-refractivity contribution >= 4 is 28.6 Å². The van der Waals surface area contributed by atoms with Crippen LogP contribution in [0.15, 0.2) is 30.5 Å². The van der Waals surface area contributed by atoms with E-state index in [9.17, 15) is 4.79 Å². The molecular formula is C22H28N6O2. The van der Waals surface area contributed by atoms with Crippen LogP contribution in [0.25, 0.3) is 10.9 Å². The predicted octanol–water partition coefficient (Wildman–Crippen LogP) is 4.52. The molecule has 8 nitrogen and oxygen atoms in total. The summed E-state index contributed by atoms with van der Waals surface area (Å²) in [4.78, 5) is 23.5. The van der Waals surface area contributed by atoms with E-state index in [2.05, 4.69) is 26.6 Å². The number of aryl methyl sites for hydroxylation is 1. The van der Waals surface area contributed by atoms with Crippen molar-refractivity contribution in [3.8, 4) is 0 Å². The molecule has 0 radical (unpaired) electrons. The van der Waals surface area contributed by atoms with Gasteiger partial charge < -0.3 is 15.0 Å². The highest BCUT2D eigenvalue weighted by Gasteiger charge is 2.28. The van der Waals surface area contributed by atoms with Gasteiger partial charge in [-0.3, -0.25) is 10.1 Å². The zero-order valence-corrected chi connectivity index (χ0v) is 17.9. The number of aromatic amines is 1. The lowest BCUT2D eigenvalue weighted by Gasteiger charge is -2.33. The van der Waals surface area contributed by atoms with E-state index < -0.39 is 5.60 Å². The summed E-state index contributed by atoms with van der Waals surface area (Å²) < 4.78 is 5.51. The number of nitrogens with one attached hydrogen (secondary N) is 2. The molecule has 0 atom stereocenters. The van der Waals surface area contributed by atoms with Crippen LogP contribution in [0.5, 0.6) is 0 Å². The zero-order valence-electron chi connectivity index (χ0n) is 17.9. The van der Waals surface area contributed by atoms with E-state index in [1.807, 2.05) is 45.9 Å². The second-order valence-corrected chi connectivity index (χ2v) is 8.77. The summed E-state index contributed by atoms with van der Waals surface area (Å²) in [5.41, 5.74) is 2.31. The van der Waals surface area contributed by atoms with Gasteiger partial charge in [0, 0.05) is 48.0 Å². The number of carbonyl (C=O) groups is 1. The number of anilines is 2. The number of amides is 1. The molecule has 1 aliphatic heterocycles. The van der Waals surface area contributed by atoms with E-state index in [1.165, 1.54) is 0 Å². The SMILES string of the molecule is Cc1cc(Nc2nc(C3CCN(C(=O)OC(C)(C)C)CC3)cc3cccnc23)n[nH]1. The molecular weight excluding hydrogens is 380 g/mol. The van der Waals surface area contributed by atoms with Gasteiger partial charge in [-0.15, -0.1) is 0 Å². The Bertz CT molecular complexity index is 1050. The minimum atomic E-state index is -0.480. The normalized spacial score (nSPS) is 15.4. The quantitative estimate of drug-likeness (QED) is 0.661. The van der Waals surface area contributed by atoms with Crippen molar-refractivity contribution < 1.29 is 9.53 Å². The predicted molar refractivity (Wildman–Crippen MR) is 116 cm³/mol. The Morgan fingerprint density at radius 2 is 2.03 bits per heavy atom. The van der Waals surface area contributed by atoms with Gasteiger partial charge >= 0.3 is 6.09 Å². The van der Waals surface area contributed by atoms with Crippen LogP contribution in [0.2, 0.25) is 0 Å². The van der Waals surface area contributed by atoms with Gasteiger partial charge in [-0.1, -0.05) is 6.07 Å². The highest BCUT2D eigenvalue weighted by atomic mass is 16.6. The third kappa shape index (κ3) is 4.53. The minimum absolute atomic E-state index is 0.243. The molecule has 1 amide bonds. The fourth-order valence-corrected chi connectivity index (χ4v) is 3.69. The van der Waals surface area contributed by atoms with Gasteiger partial charge in [0.1, 0.15) is 11.1 Å². The largest absolute Gasteiger partial charge is 0.444 e. The summed E-state index contributed by atoms with van der Waals surface area (Å²) >= 11 is 0. The molecule has 0 bridgehead atoms. The van der Waals surface area contributed by atoms with Crippen molar-refractivity contribution in [3.63, 3.8) is 0 Å². The first-order valence-electron chi connectivity index (χ1n) is 10.3. The molecule has 8 heteroatoms. The second kappa shape index (κ2) is 7.93. The number of nitrogens with zero attached hydrogens (tertiary/aromatic N) is 4. The van der Waals surface area contributed by atoms with Crippen molar-refractivity contribution in [1.82, 2.24) is 25.1 Å². The van der Waals surface area contributed by atoms with Crippen LogP contribution >= 0.6 is 0 Å². The van der Waals surface area contributed by atoms with Crippen molar-refractivity contribution in [2.24, 2.45) is 0 Å². The molecule has 4 heterocycles. The number of rotatable bonds is 3. The molecule has 158 valence electrons. The fraction of sp³-hybridized carbons (Fsp3) is 0.455. The number of hydrogen-bond donors (Lipinski definition) is 2. The lowest BCUT2D eigenvalue weighted by molar-refractivity contribution is 0.0204. The van der Waals surface area contributed by atoms with Crippen LogP contribution in [-0.4, -0.2) is 49.8 Å². The number of hydrogen-bond acceptors (Lipinski definition) is 6. The Morgan fingerprint density at radius 1 is 1.27 bits per heavy atom. The Labute approximate surface area is 176 Å². The fourth-order valence-electron chi connectivity index (χ4n) is 3.69. The number of carbonyl (C=O) groups excluding carboxylic acids is 1. The Morgan fingerprint density at radius 3 is 2.70 bits per heavy atom. The Hall–Kier alpha value is -3.16. The summed E-state index contributed by atoms with van der Waals surface area (Å²) in [5.74, 6) is 1.68. The first kappa shape index (κ1) is 20.1. The van der Waals surface area contributed by atoms with Gasteiger partial charge in [0.05, 0.1) is 0 Å². The van der Waals surface area contributed by atoms with Gasteiger partial charge in [0.15, 0.2) is 11.6 Å². The van der Waals surface area contributed by atoms with Crippen LogP contribution < -0.4 is 5.32 Å². The number of fused-ring (bicyclic) bond motifs is 1. The molecule has 1 fully saturated rings. The molecule has 0 unspecified atom stereocenters. The van der Waals surface area contributed by atoms with Gasteiger partial charge in [0.25, 0.3) is 0 Å². The first-order chi connectivity index (χ1) is 14.3. The van der Waals surface area contributed by atoms with Gasteiger partial charge in [-0.05, 0) is 52.7 Å². The smallest absolute Gasteiger partial charge is 0.410 e. The molecule has 0 saturated carbocycles. The molecule has 0 aromatic carbocycles. The van der Waals surface area contributed by atoms with E-state index in [0.717, 1.165) is 35.1 Å². The topological polar surface area (TPSA) is 96.0 Å². The maximum atomic E-state index is 12.4. The standard InChI is InChI=1S/C22H28N6O2/c1-14-12-18(27-26-14)25-20-19-16(6-5-9-23-19)13-17(24-20)15-7-10-28(11-8-15)21(29)30-22(2,3)4/h5-6,9,12-13,15H,7-8,10-11H2,1-4H3,(H2,24,25,26,27). The third-order valence-electron chi connectivity index (χ3n) is 5.12. The lowest BCUT2D eigenvalue weighted by Crippen LogP contribution is -2.41. The van der Waals surface area contributed by atoms with E-state index in [-0.39, 0.29) is 12.0 Å². The summed E-state index contributed by atoms with van der Waals surface area (Å²) in [6.45, 7) is 8.94. The number of likely N-dealkylation sites (tertiary alicyclic amines) is 1. The molecule has 4 rings (SSSR count). The number of piperidine rings is 1. The minimum Gasteiger partial charge on any atom is -0.444 e. The van der Waals surface area contributed by atoms with Crippen molar-refractivity contribution in [2.75, 3.05) is 18.4 Å².